The van der Waals surface area contributed by atoms with E-state index in [9.17, 15) is 4.79 Å². The molecule has 0 saturated carbocycles. The van der Waals surface area contributed by atoms with Gasteiger partial charge in [0.15, 0.2) is 0 Å². The fourth-order valence-corrected chi connectivity index (χ4v) is 3.05. The van der Waals surface area contributed by atoms with Crippen LogP contribution in [-0.2, 0) is 9.53 Å². The van der Waals surface area contributed by atoms with Crippen LogP contribution in [-0.4, -0.2) is 12.1 Å². The molecule has 96 valence electrons. The third-order valence-electron chi connectivity index (χ3n) is 4.32. The molecule has 2 rings (SSSR count). The van der Waals surface area contributed by atoms with Crippen molar-refractivity contribution in [3.63, 3.8) is 0 Å². The zero-order valence-corrected chi connectivity index (χ0v) is 11.1. The topological polar surface area (TPSA) is 26.3 Å². The fraction of sp³-hybridized carbons (Fsp3) is 0.800. The van der Waals surface area contributed by atoms with Crippen LogP contribution in [0.25, 0.3) is 0 Å². The smallest absolute Gasteiger partial charge is 0.306 e. The maximum absolute atomic E-state index is 11.2. The molecular formula is C15H24O2. The molecule has 0 radical (unpaired) electrons. The first kappa shape index (κ1) is 12.7. The number of cyclic esters (lactones) is 1. The lowest BCUT2D eigenvalue weighted by atomic mass is 9.79. The molecule has 2 heteroatoms. The van der Waals surface area contributed by atoms with Crippen molar-refractivity contribution in [2.45, 2.75) is 64.9 Å². The minimum atomic E-state index is 0.00725. The summed E-state index contributed by atoms with van der Waals surface area (Å²) in [6.45, 7) is 4.55. The number of carbonyl (C=O) groups is 1. The van der Waals surface area contributed by atoms with Crippen molar-refractivity contribution >= 4 is 5.97 Å². The largest absolute Gasteiger partial charge is 0.462 e. The second-order valence-electron chi connectivity index (χ2n) is 5.80. The maximum atomic E-state index is 11.2. The monoisotopic (exact) mass is 236 g/mol. The molecule has 1 heterocycles. The molecule has 0 aromatic heterocycles. The van der Waals surface area contributed by atoms with Gasteiger partial charge in [-0.3, -0.25) is 4.79 Å². The van der Waals surface area contributed by atoms with E-state index in [0.29, 0.717) is 12.3 Å². The molecule has 1 saturated heterocycles. The number of carbonyl (C=O) groups excluding carboxylic acids is 1. The van der Waals surface area contributed by atoms with Gasteiger partial charge in [-0.05, 0) is 57.3 Å². The third-order valence-corrected chi connectivity index (χ3v) is 4.32. The van der Waals surface area contributed by atoms with Gasteiger partial charge in [0.2, 0.25) is 0 Å². The standard InChI is InChI=1S/C15H24O2/c1-11-6-8-13(9-7-11)12(2)10-14-4-3-5-15(16)17-14/h6,12-14H,3-5,7-10H2,1-2H3. The van der Waals surface area contributed by atoms with Crippen LogP contribution in [0.15, 0.2) is 11.6 Å². The molecule has 0 spiro atoms. The highest BCUT2D eigenvalue weighted by atomic mass is 16.5. The van der Waals surface area contributed by atoms with E-state index < -0.39 is 0 Å². The normalized spacial score (nSPS) is 31.6. The highest BCUT2D eigenvalue weighted by molar-refractivity contribution is 5.70. The summed E-state index contributed by atoms with van der Waals surface area (Å²) >= 11 is 0. The second kappa shape index (κ2) is 5.70. The fourth-order valence-electron chi connectivity index (χ4n) is 3.05. The van der Waals surface area contributed by atoms with Gasteiger partial charge in [-0.25, -0.2) is 0 Å². The molecule has 3 atom stereocenters. The lowest BCUT2D eigenvalue weighted by molar-refractivity contribution is -0.154. The van der Waals surface area contributed by atoms with Gasteiger partial charge < -0.3 is 4.74 Å². The summed E-state index contributed by atoms with van der Waals surface area (Å²) in [6.07, 6.45) is 10.1. The summed E-state index contributed by atoms with van der Waals surface area (Å²) in [7, 11) is 0. The molecule has 2 aliphatic rings. The van der Waals surface area contributed by atoms with Crippen molar-refractivity contribution in [3.05, 3.63) is 11.6 Å². The van der Waals surface area contributed by atoms with Crippen LogP contribution in [0, 0.1) is 11.8 Å². The summed E-state index contributed by atoms with van der Waals surface area (Å²) in [5, 5.41) is 0. The first-order valence-corrected chi connectivity index (χ1v) is 7.00. The van der Waals surface area contributed by atoms with Crippen LogP contribution in [0.2, 0.25) is 0 Å². The Morgan fingerprint density at radius 2 is 2.24 bits per heavy atom. The highest BCUT2D eigenvalue weighted by Crippen LogP contribution is 2.33. The van der Waals surface area contributed by atoms with Crippen LogP contribution in [0.3, 0.4) is 0 Å². The molecule has 1 aliphatic carbocycles. The van der Waals surface area contributed by atoms with Crippen LogP contribution >= 0.6 is 0 Å². The van der Waals surface area contributed by atoms with Crippen LogP contribution < -0.4 is 0 Å². The molecular weight excluding hydrogens is 212 g/mol. The van der Waals surface area contributed by atoms with Crippen molar-refractivity contribution < 1.29 is 9.53 Å². The first-order chi connectivity index (χ1) is 8.15. The lowest BCUT2D eigenvalue weighted by Gasteiger charge is -2.30. The van der Waals surface area contributed by atoms with Crippen LogP contribution in [0.1, 0.15) is 58.8 Å². The minimum Gasteiger partial charge on any atom is -0.462 e. The number of hydrogen-bond donors (Lipinski definition) is 0. The molecule has 17 heavy (non-hydrogen) atoms. The molecule has 0 N–H and O–H groups in total. The van der Waals surface area contributed by atoms with Gasteiger partial charge in [0.05, 0.1) is 0 Å². The Balaban J connectivity index is 1.80. The average molecular weight is 236 g/mol. The van der Waals surface area contributed by atoms with Gasteiger partial charge in [-0.15, -0.1) is 0 Å². The van der Waals surface area contributed by atoms with Gasteiger partial charge in [-0.2, -0.15) is 0 Å². The Labute approximate surface area is 104 Å². The number of hydrogen-bond acceptors (Lipinski definition) is 2. The van der Waals surface area contributed by atoms with E-state index in [4.69, 9.17) is 4.74 Å². The van der Waals surface area contributed by atoms with E-state index in [2.05, 4.69) is 19.9 Å². The SMILES string of the molecule is CC1=CCC(C(C)CC2CCCC(=O)O2)CC1. The Morgan fingerprint density at radius 3 is 2.88 bits per heavy atom. The van der Waals surface area contributed by atoms with Crippen molar-refractivity contribution in [2.75, 3.05) is 0 Å². The van der Waals surface area contributed by atoms with Gasteiger partial charge in [0.25, 0.3) is 0 Å². The molecule has 1 fully saturated rings. The van der Waals surface area contributed by atoms with Crippen molar-refractivity contribution in [1.29, 1.82) is 0 Å². The summed E-state index contributed by atoms with van der Waals surface area (Å²) in [6, 6.07) is 0. The zero-order valence-electron chi connectivity index (χ0n) is 11.1. The molecule has 0 aromatic carbocycles. The summed E-state index contributed by atoms with van der Waals surface area (Å²) in [5.74, 6) is 1.47. The van der Waals surface area contributed by atoms with E-state index in [1.54, 1.807) is 0 Å². The predicted molar refractivity (Wildman–Crippen MR) is 68.6 cm³/mol. The first-order valence-electron chi connectivity index (χ1n) is 7.00. The molecule has 0 bridgehead atoms. The maximum Gasteiger partial charge on any atom is 0.306 e. The van der Waals surface area contributed by atoms with E-state index in [-0.39, 0.29) is 12.1 Å². The molecule has 0 amide bonds. The number of ether oxygens (including phenoxy) is 1. The predicted octanol–water partition coefficient (Wildman–Crippen LogP) is 3.85. The summed E-state index contributed by atoms with van der Waals surface area (Å²) < 4.78 is 5.41. The molecule has 2 nitrogen and oxygen atoms in total. The Bertz CT molecular complexity index is 306. The second-order valence-corrected chi connectivity index (χ2v) is 5.80. The van der Waals surface area contributed by atoms with Crippen molar-refractivity contribution in [3.8, 4) is 0 Å². The van der Waals surface area contributed by atoms with Gasteiger partial charge in [-0.1, -0.05) is 18.6 Å². The molecule has 1 aliphatic heterocycles. The Hall–Kier alpha value is -0.790. The van der Waals surface area contributed by atoms with E-state index in [1.807, 2.05) is 0 Å². The van der Waals surface area contributed by atoms with Crippen molar-refractivity contribution in [2.24, 2.45) is 11.8 Å². The summed E-state index contributed by atoms with van der Waals surface area (Å²) in [4.78, 5) is 11.2. The minimum absolute atomic E-state index is 0.00725. The van der Waals surface area contributed by atoms with Crippen molar-refractivity contribution in [1.82, 2.24) is 0 Å². The third kappa shape index (κ3) is 3.58. The molecule has 0 aromatic rings. The van der Waals surface area contributed by atoms with Gasteiger partial charge in [0, 0.05) is 6.42 Å². The average Bonchev–Trinajstić information content (AvgIpc) is 2.29. The highest BCUT2D eigenvalue weighted by Gasteiger charge is 2.26. The Morgan fingerprint density at radius 1 is 1.41 bits per heavy atom. The number of allylic oxidation sites excluding steroid dienone is 2. The van der Waals surface area contributed by atoms with Gasteiger partial charge in [0.1, 0.15) is 6.10 Å². The van der Waals surface area contributed by atoms with E-state index in [1.165, 1.54) is 24.8 Å². The number of rotatable bonds is 3. The van der Waals surface area contributed by atoms with E-state index >= 15 is 0 Å². The number of esters is 1. The lowest BCUT2D eigenvalue weighted by Crippen LogP contribution is -2.27. The quantitative estimate of drug-likeness (QED) is 0.549. The van der Waals surface area contributed by atoms with E-state index in [0.717, 1.165) is 25.2 Å². The Kier molecular flexibility index (Phi) is 4.25. The zero-order chi connectivity index (χ0) is 12.3. The van der Waals surface area contributed by atoms with Crippen LogP contribution in [0.4, 0.5) is 0 Å². The van der Waals surface area contributed by atoms with Gasteiger partial charge >= 0.3 is 5.97 Å². The molecule has 3 unspecified atom stereocenters. The van der Waals surface area contributed by atoms with Crippen LogP contribution in [0.5, 0.6) is 0 Å². The summed E-state index contributed by atoms with van der Waals surface area (Å²) in [5.41, 5.74) is 1.54.